The SMILES string of the molecule is FC(F)(F)c1cncc(N2CCN3CCCC2CCC3)c1. The summed E-state index contributed by atoms with van der Waals surface area (Å²) in [5.41, 5.74) is -0.0479. The second-order valence-electron chi connectivity index (χ2n) is 5.90. The molecule has 1 aromatic heterocycles. The molecule has 0 atom stereocenters. The molecule has 0 radical (unpaired) electrons. The lowest BCUT2D eigenvalue weighted by molar-refractivity contribution is -0.137. The lowest BCUT2D eigenvalue weighted by Crippen LogP contribution is -2.47. The van der Waals surface area contributed by atoms with Gasteiger partial charge in [-0.25, -0.2) is 0 Å². The minimum Gasteiger partial charge on any atom is -0.366 e. The van der Waals surface area contributed by atoms with Crippen LogP contribution in [0.5, 0.6) is 0 Å². The average Bonchev–Trinajstić information content (AvgIpc) is 2.36. The van der Waals surface area contributed by atoms with Crippen LogP contribution in [0, 0.1) is 0 Å². The van der Waals surface area contributed by atoms with E-state index in [1.807, 2.05) is 0 Å². The van der Waals surface area contributed by atoms with E-state index in [0.717, 1.165) is 58.1 Å². The first kappa shape index (κ1) is 14.6. The summed E-state index contributed by atoms with van der Waals surface area (Å²) in [5.74, 6) is 0. The number of nitrogens with zero attached hydrogens (tertiary/aromatic N) is 3. The molecule has 3 saturated heterocycles. The molecule has 1 aromatic rings. The Morgan fingerprint density at radius 1 is 1.00 bits per heavy atom. The minimum atomic E-state index is -4.33. The largest absolute Gasteiger partial charge is 0.417 e. The zero-order valence-electron chi connectivity index (χ0n) is 11.9. The predicted molar refractivity (Wildman–Crippen MR) is 75.3 cm³/mol. The van der Waals surface area contributed by atoms with Crippen LogP contribution < -0.4 is 4.90 Å². The monoisotopic (exact) mass is 299 g/mol. The summed E-state index contributed by atoms with van der Waals surface area (Å²) in [5, 5.41) is 0. The van der Waals surface area contributed by atoms with E-state index in [0.29, 0.717) is 11.7 Å². The molecule has 0 N–H and O–H groups in total. The van der Waals surface area contributed by atoms with Gasteiger partial charge in [-0.1, -0.05) is 0 Å². The molecule has 0 unspecified atom stereocenters. The van der Waals surface area contributed by atoms with Crippen LogP contribution in [-0.4, -0.2) is 42.1 Å². The maximum absolute atomic E-state index is 12.9. The van der Waals surface area contributed by atoms with Crippen LogP contribution >= 0.6 is 0 Å². The fourth-order valence-electron chi connectivity index (χ4n) is 3.40. The molecule has 4 rings (SSSR count). The van der Waals surface area contributed by atoms with Crippen LogP contribution in [0.2, 0.25) is 0 Å². The van der Waals surface area contributed by atoms with Crippen LogP contribution in [0.15, 0.2) is 18.5 Å². The van der Waals surface area contributed by atoms with Gasteiger partial charge in [0.1, 0.15) is 0 Å². The Hall–Kier alpha value is -1.30. The molecule has 0 spiro atoms. The molecular weight excluding hydrogens is 279 g/mol. The second kappa shape index (κ2) is 5.83. The average molecular weight is 299 g/mol. The molecule has 4 heterocycles. The zero-order chi connectivity index (χ0) is 14.9. The number of hydrogen-bond acceptors (Lipinski definition) is 3. The molecule has 0 amide bonds. The maximum atomic E-state index is 12.9. The van der Waals surface area contributed by atoms with Crippen molar-refractivity contribution in [3.05, 3.63) is 24.0 Å². The highest BCUT2D eigenvalue weighted by atomic mass is 19.4. The van der Waals surface area contributed by atoms with Gasteiger partial charge in [0.15, 0.2) is 0 Å². The summed E-state index contributed by atoms with van der Waals surface area (Å²) in [4.78, 5) is 8.36. The smallest absolute Gasteiger partial charge is 0.366 e. The van der Waals surface area contributed by atoms with Crippen LogP contribution in [-0.2, 0) is 6.18 Å². The van der Waals surface area contributed by atoms with E-state index < -0.39 is 11.7 Å². The number of halogens is 3. The standard InChI is InChI=1S/C15H20F3N3/c16-15(17,18)12-9-14(11-19-10-12)21-8-7-20-5-1-3-13(21)4-2-6-20/h9-11,13H,1-8H2. The van der Waals surface area contributed by atoms with E-state index in [1.165, 1.54) is 6.07 Å². The van der Waals surface area contributed by atoms with Crippen molar-refractivity contribution in [2.75, 3.05) is 31.1 Å². The summed E-state index contributed by atoms with van der Waals surface area (Å²) in [6.45, 7) is 3.94. The molecule has 2 bridgehead atoms. The highest BCUT2D eigenvalue weighted by Crippen LogP contribution is 2.32. The quantitative estimate of drug-likeness (QED) is 0.794. The molecule has 3 aliphatic heterocycles. The number of pyridine rings is 1. The van der Waals surface area contributed by atoms with Crippen LogP contribution in [0.4, 0.5) is 18.9 Å². The third-order valence-corrected chi connectivity index (χ3v) is 4.50. The second-order valence-corrected chi connectivity index (χ2v) is 5.90. The van der Waals surface area contributed by atoms with Gasteiger partial charge in [-0.05, 0) is 44.8 Å². The van der Waals surface area contributed by atoms with Crippen molar-refractivity contribution in [1.82, 2.24) is 9.88 Å². The maximum Gasteiger partial charge on any atom is 0.417 e. The normalized spacial score (nSPS) is 27.1. The number of fused-ring (bicyclic) bond motifs is 6. The Kier molecular flexibility index (Phi) is 4.06. The summed E-state index contributed by atoms with van der Waals surface area (Å²) >= 11 is 0. The van der Waals surface area contributed by atoms with Crippen molar-refractivity contribution in [3.8, 4) is 0 Å². The Morgan fingerprint density at radius 3 is 2.38 bits per heavy atom. The van der Waals surface area contributed by atoms with Gasteiger partial charge in [-0.3, -0.25) is 4.98 Å². The Bertz CT molecular complexity index is 479. The van der Waals surface area contributed by atoms with Gasteiger partial charge in [-0.2, -0.15) is 13.2 Å². The number of hydrogen-bond donors (Lipinski definition) is 0. The molecule has 21 heavy (non-hydrogen) atoms. The topological polar surface area (TPSA) is 19.4 Å². The summed E-state index contributed by atoms with van der Waals surface area (Å²) < 4.78 is 38.6. The first-order chi connectivity index (χ1) is 10.0. The number of anilines is 1. The van der Waals surface area contributed by atoms with Gasteiger partial charge in [0.05, 0.1) is 17.4 Å². The van der Waals surface area contributed by atoms with E-state index in [4.69, 9.17) is 0 Å². The molecule has 3 nitrogen and oxygen atoms in total. The van der Waals surface area contributed by atoms with E-state index in [-0.39, 0.29) is 0 Å². The van der Waals surface area contributed by atoms with Crippen molar-refractivity contribution < 1.29 is 13.2 Å². The van der Waals surface area contributed by atoms with Crippen molar-refractivity contribution in [1.29, 1.82) is 0 Å². The van der Waals surface area contributed by atoms with Gasteiger partial charge in [0.25, 0.3) is 0 Å². The first-order valence-electron chi connectivity index (χ1n) is 7.55. The molecule has 0 aliphatic carbocycles. The summed E-state index contributed by atoms with van der Waals surface area (Å²) in [6, 6.07) is 1.59. The van der Waals surface area contributed by atoms with Gasteiger partial charge < -0.3 is 9.80 Å². The van der Waals surface area contributed by atoms with E-state index in [2.05, 4.69) is 14.8 Å². The summed E-state index contributed by atoms with van der Waals surface area (Å²) in [6.07, 6.45) is 2.47. The molecule has 3 aliphatic rings. The fraction of sp³-hybridized carbons (Fsp3) is 0.667. The first-order valence-corrected chi connectivity index (χ1v) is 7.55. The van der Waals surface area contributed by atoms with E-state index >= 15 is 0 Å². The van der Waals surface area contributed by atoms with Gasteiger partial charge in [0.2, 0.25) is 0 Å². The number of alkyl halides is 3. The number of rotatable bonds is 1. The lowest BCUT2D eigenvalue weighted by atomic mass is 9.98. The zero-order valence-corrected chi connectivity index (χ0v) is 11.9. The van der Waals surface area contributed by atoms with Crippen molar-refractivity contribution in [2.24, 2.45) is 0 Å². The molecule has 0 saturated carbocycles. The molecular formula is C15H20F3N3. The van der Waals surface area contributed by atoms with Crippen molar-refractivity contribution in [2.45, 2.75) is 37.9 Å². The molecule has 0 aromatic carbocycles. The van der Waals surface area contributed by atoms with Crippen LogP contribution in [0.1, 0.15) is 31.2 Å². The third kappa shape index (κ3) is 3.31. The third-order valence-electron chi connectivity index (χ3n) is 4.50. The van der Waals surface area contributed by atoms with E-state index in [1.54, 1.807) is 6.20 Å². The Balaban J connectivity index is 1.87. The van der Waals surface area contributed by atoms with Crippen molar-refractivity contribution >= 4 is 5.69 Å². The molecule has 116 valence electrons. The fourth-order valence-corrected chi connectivity index (χ4v) is 3.40. The van der Waals surface area contributed by atoms with E-state index in [9.17, 15) is 13.2 Å². The highest BCUT2D eigenvalue weighted by molar-refractivity contribution is 5.48. The predicted octanol–water partition coefficient (Wildman–Crippen LogP) is 3.17. The van der Waals surface area contributed by atoms with Gasteiger partial charge in [0, 0.05) is 25.3 Å². The highest BCUT2D eigenvalue weighted by Gasteiger charge is 2.32. The molecule has 6 heteroatoms. The number of aromatic nitrogens is 1. The summed E-state index contributed by atoms with van der Waals surface area (Å²) in [7, 11) is 0. The Morgan fingerprint density at radius 2 is 1.71 bits per heavy atom. The lowest BCUT2D eigenvalue weighted by Gasteiger charge is -2.41. The van der Waals surface area contributed by atoms with Crippen LogP contribution in [0.3, 0.4) is 0 Å². The molecule has 3 fully saturated rings. The van der Waals surface area contributed by atoms with Crippen molar-refractivity contribution in [3.63, 3.8) is 0 Å². The van der Waals surface area contributed by atoms with Gasteiger partial charge in [-0.15, -0.1) is 0 Å². The van der Waals surface area contributed by atoms with Gasteiger partial charge >= 0.3 is 6.18 Å². The van der Waals surface area contributed by atoms with Crippen LogP contribution in [0.25, 0.3) is 0 Å². The Labute approximate surface area is 122 Å². The minimum absolute atomic E-state index is 0.345.